The summed E-state index contributed by atoms with van der Waals surface area (Å²) in [5.41, 5.74) is 4.51. The summed E-state index contributed by atoms with van der Waals surface area (Å²) < 4.78 is 19.0. The van der Waals surface area contributed by atoms with Gasteiger partial charge in [0.05, 0.1) is 12.8 Å². The molecule has 8 heteroatoms. The van der Waals surface area contributed by atoms with Gasteiger partial charge in [0.25, 0.3) is 11.8 Å². The second kappa shape index (κ2) is 14.1. The number of carbonyl (C=O) groups excluding carboxylic acids is 2. The third kappa shape index (κ3) is 7.45. The molecule has 0 saturated heterocycles. The van der Waals surface area contributed by atoms with E-state index in [1.54, 1.807) is 23.1 Å². The molecule has 3 aromatic carbocycles. The molecule has 2 amide bonds. The highest BCUT2D eigenvalue weighted by molar-refractivity contribution is 6.07. The van der Waals surface area contributed by atoms with E-state index in [9.17, 15) is 14.0 Å². The van der Waals surface area contributed by atoms with Gasteiger partial charge in [0, 0.05) is 50.9 Å². The van der Waals surface area contributed by atoms with E-state index < -0.39 is 5.82 Å². The molecule has 0 radical (unpaired) electrons. The molecule has 4 aromatic rings. The fourth-order valence-electron chi connectivity index (χ4n) is 5.61. The molecule has 0 atom stereocenters. The number of fused-ring (bicyclic) bond motifs is 1. The molecule has 7 nitrogen and oxygen atoms in total. The highest BCUT2D eigenvalue weighted by atomic mass is 19.1. The molecule has 0 unspecified atom stereocenters. The van der Waals surface area contributed by atoms with Gasteiger partial charge < -0.3 is 14.5 Å². The van der Waals surface area contributed by atoms with E-state index in [-0.39, 0.29) is 11.8 Å². The van der Waals surface area contributed by atoms with Crippen LogP contribution in [-0.4, -0.2) is 59.9 Å². The Hall–Kier alpha value is -4.56. The maximum atomic E-state index is 14.0. The van der Waals surface area contributed by atoms with Gasteiger partial charge in [-0.05, 0) is 66.8 Å². The first-order chi connectivity index (χ1) is 20.9. The lowest BCUT2D eigenvalue weighted by atomic mass is 10.0. The van der Waals surface area contributed by atoms with Gasteiger partial charge in [-0.2, -0.15) is 0 Å². The Balaban J connectivity index is 1.53. The third-order valence-electron chi connectivity index (χ3n) is 7.74. The normalized spacial score (nSPS) is 14.8. The van der Waals surface area contributed by atoms with E-state index in [4.69, 9.17) is 4.74 Å². The Morgan fingerprint density at radius 3 is 2.28 bits per heavy atom. The van der Waals surface area contributed by atoms with Crippen LogP contribution < -0.4 is 9.64 Å². The van der Waals surface area contributed by atoms with Gasteiger partial charge in [0.1, 0.15) is 11.5 Å². The van der Waals surface area contributed by atoms with E-state index in [0.717, 1.165) is 49.3 Å². The molecule has 0 aliphatic carbocycles. The topological polar surface area (TPSA) is 66.0 Å². The zero-order valence-corrected chi connectivity index (χ0v) is 24.7. The predicted octanol–water partition coefficient (Wildman–Crippen LogP) is 6.12. The number of methoxy groups -OCH3 is 1. The largest absolute Gasteiger partial charge is 0.481 e. The minimum Gasteiger partial charge on any atom is -0.481 e. The highest BCUT2D eigenvalue weighted by Crippen LogP contribution is 2.30. The Bertz CT molecular complexity index is 1540. The highest BCUT2D eigenvalue weighted by Gasteiger charge is 2.26. The first-order valence-electron chi connectivity index (χ1n) is 14.7. The summed E-state index contributed by atoms with van der Waals surface area (Å²) in [7, 11) is 1.53. The van der Waals surface area contributed by atoms with Gasteiger partial charge in [0.15, 0.2) is 0 Å². The lowest BCUT2D eigenvalue weighted by Crippen LogP contribution is -2.39. The van der Waals surface area contributed by atoms with Crippen LogP contribution in [0, 0.1) is 12.7 Å². The van der Waals surface area contributed by atoms with Crippen molar-refractivity contribution in [3.05, 3.63) is 125 Å². The molecule has 2 heterocycles. The molecular weight excluding hydrogens is 543 g/mol. The Morgan fingerprint density at radius 2 is 1.53 bits per heavy atom. The lowest BCUT2D eigenvalue weighted by Gasteiger charge is -2.32. The zero-order chi connectivity index (χ0) is 30.2. The smallest absolute Gasteiger partial charge is 0.272 e. The van der Waals surface area contributed by atoms with Gasteiger partial charge in [-0.1, -0.05) is 54.6 Å². The third-order valence-corrected chi connectivity index (χ3v) is 7.74. The summed E-state index contributed by atoms with van der Waals surface area (Å²) in [6, 6.07) is 27.1. The molecule has 0 fully saturated rings. The first-order valence-corrected chi connectivity index (χ1v) is 14.7. The maximum Gasteiger partial charge on any atom is 0.272 e. The number of nitrogens with zero attached hydrogens (tertiary/aromatic N) is 4. The molecule has 0 N–H and O–H groups in total. The number of hydrogen-bond acceptors (Lipinski definition) is 5. The van der Waals surface area contributed by atoms with Crippen molar-refractivity contribution in [1.29, 1.82) is 0 Å². The molecule has 1 aliphatic heterocycles. The molecule has 5 rings (SSSR count). The van der Waals surface area contributed by atoms with Crippen molar-refractivity contribution in [2.75, 3.05) is 38.2 Å². The van der Waals surface area contributed by atoms with Gasteiger partial charge >= 0.3 is 0 Å². The van der Waals surface area contributed by atoms with Crippen LogP contribution in [-0.2, 0) is 13.1 Å². The molecule has 0 saturated carbocycles. The number of hydrogen-bond donors (Lipinski definition) is 0. The number of anilines is 1. The number of aryl methyl sites for hydroxylation is 1. The summed E-state index contributed by atoms with van der Waals surface area (Å²) in [6.45, 7) is 5.61. The van der Waals surface area contributed by atoms with Crippen LogP contribution in [0.2, 0.25) is 0 Å². The minimum atomic E-state index is -0.390. The SMILES string of the molecule is COc1cccc(C(=O)N2CCCN(Cc3ccccc3)CCCN(C(=O)c3ccc(F)cc3)c3c(C)cccc3C2)n1. The van der Waals surface area contributed by atoms with Crippen molar-refractivity contribution in [3.8, 4) is 5.88 Å². The molecule has 1 aliphatic rings. The average molecular weight is 581 g/mol. The van der Waals surface area contributed by atoms with Crippen LogP contribution in [0.1, 0.15) is 50.4 Å². The molecule has 1 aromatic heterocycles. The van der Waals surface area contributed by atoms with Gasteiger partial charge in [-0.15, -0.1) is 0 Å². The second-order valence-corrected chi connectivity index (χ2v) is 10.8. The molecule has 0 spiro atoms. The fraction of sp³-hybridized carbons (Fsp3) is 0.286. The Kier molecular flexibility index (Phi) is 9.79. The van der Waals surface area contributed by atoms with Crippen LogP contribution >= 0.6 is 0 Å². The summed E-state index contributed by atoms with van der Waals surface area (Å²) in [5, 5.41) is 0. The second-order valence-electron chi connectivity index (χ2n) is 10.8. The van der Waals surface area contributed by atoms with Crippen LogP contribution in [0.15, 0.2) is 91.0 Å². The molecule has 222 valence electrons. The van der Waals surface area contributed by atoms with Crippen molar-refractivity contribution >= 4 is 17.5 Å². The number of halogens is 1. The summed E-state index contributed by atoms with van der Waals surface area (Å²) >= 11 is 0. The van der Waals surface area contributed by atoms with Gasteiger partial charge in [0.2, 0.25) is 5.88 Å². The average Bonchev–Trinajstić information content (AvgIpc) is 3.02. The van der Waals surface area contributed by atoms with Crippen LogP contribution in [0.5, 0.6) is 5.88 Å². The summed E-state index contributed by atoms with van der Waals surface area (Å²) in [4.78, 5) is 38.3. The number of rotatable bonds is 5. The predicted molar refractivity (Wildman–Crippen MR) is 166 cm³/mol. The standard InChI is InChI=1S/C35H37FN4O3/c1-26-10-6-13-29-25-39(35(42)31-14-7-15-32(37-31)43-2)22-8-20-38(24-27-11-4-3-5-12-27)21-9-23-40(33(26)29)34(41)28-16-18-30(36)19-17-28/h3-7,10-19H,8-9,20-25H2,1-2H3. The summed E-state index contributed by atoms with van der Waals surface area (Å²) in [6.07, 6.45) is 1.53. The zero-order valence-electron chi connectivity index (χ0n) is 24.7. The van der Waals surface area contributed by atoms with Gasteiger partial charge in [-0.3, -0.25) is 14.5 Å². The number of ether oxygens (including phenoxy) is 1. The number of pyridine rings is 1. The molecular formula is C35H37FN4O3. The molecule has 43 heavy (non-hydrogen) atoms. The lowest BCUT2D eigenvalue weighted by molar-refractivity contribution is 0.0727. The number of benzene rings is 3. The van der Waals surface area contributed by atoms with E-state index in [1.807, 2.05) is 48.2 Å². The van der Waals surface area contributed by atoms with Crippen molar-refractivity contribution < 1.29 is 18.7 Å². The number of para-hydroxylation sites is 1. The van der Waals surface area contributed by atoms with E-state index >= 15 is 0 Å². The number of amides is 2. The van der Waals surface area contributed by atoms with Crippen molar-refractivity contribution in [1.82, 2.24) is 14.8 Å². The minimum absolute atomic E-state index is 0.199. The van der Waals surface area contributed by atoms with E-state index in [2.05, 4.69) is 22.0 Å². The fourth-order valence-corrected chi connectivity index (χ4v) is 5.61. The molecule has 0 bridgehead atoms. The Morgan fingerprint density at radius 1 is 0.814 bits per heavy atom. The van der Waals surface area contributed by atoms with Crippen molar-refractivity contribution in [2.24, 2.45) is 0 Å². The monoisotopic (exact) mass is 580 g/mol. The number of carbonyl (C=O) groups is 2. The van der Waals surface area contributed by atoms with Crippen molar-refractivity contribution in [2.45, 2.75) is 32.9 Å². The van der Waals surface area contributed by atoms with E-state index in [0.29, 0.717) is 36.8 Å². The van der Waals surface area contributed by atoms with Crippen LogP contribution in [0.3, 0.4) is 0 Å². The Labute approximate surface area is 252 Å². The maximum absolute atomic E-state index is 14.0. The quantitative estimate of drug-likeness (QED) is 0.285. The van der Waals surface area contributed by atoms with Crippen LogP contribution in [0.4, 0.5) is 10.1 Å². The first kappa shape index (κ1) is 29.9. The van der Waals surface area contributed by atoms with Crippen molar-refractivity contribution in [3.63, 3.8) is 0 Å². The van der Waals surface area contributed by atoms with Gasteiger partial charge in [-0.25, -0.2) is 9.37 Å². The summed E-state index contributed by atoms with van der Waals surface area (Å²) in [5.74, 6) is -0.413. The number of aromatic nitrogens is 1. The van der Waals surface area contributed by atoms with E-state index in [1.165, 1.54) is 36.9 Å². The van der Waals surface area contributed by atoms with Crippen LogP contribution in [0.25, 0.3) is 0 Å².